The summed E-state index contributed by atoms with van der Waals surface area (Å²) in [5.41, 5.74) is 3.18. The minimum atomic E-state index is -0.215. The van der Waals surface area contributed by atoms with Crippen LogP contribution in [-0.4, -0.2) is 11.0 Å². The Labute approximate surface area is 130 Å². The summed E-state index contributed by atoms with van der Waals surface area (Å²) in [5, 5.41) is 16.5. The quantitative estimate of drug-likeness (QED) is 0.661. The Balaban J connectivity index is 1.86. The zero-order chi connectivity index (χ0) is 14.8. The molecule has 0 spiro atoms. The molecule has 1 aromatic heterocycles. The zero-order valence-corrected chi connectivity index (χ0v) is 12.3. The highest BCUT2D eigenvalue weighted by Gasteiger charge is 2.20. The van der Waals surface area contributed by atoms with Crippen molar-refractivity contribution in [3.8, 4) is 17.2 Å². The largest absolute Gasteiger partial charge is 0.328 e. The van der Waals surface area contributed by atoms with Gasteiger partial charge in [0.2, 0.25) is 0 Å². The number of thiophene rings is 1. The van der Waals surface area contributed by atoms with E-state index in [4.69, 9.17) is 17.5 Å². The molecule has 102 valence electrons. The van der Waals surface area contributed by atoms with Crippen LogP contribution in [0.4, 0.5) is 0 Å². The van der Waals surface area contributed by atoms with Crippen LogP contribution < -0.4 is 10.6 Å². The molecule has 0 radical (unpaired) electrons. The van der Waals surface area contributed by atoms with Crippen LogP contribution >= 0.6 is 23.6 Å². The second-order valence-electron chi connectivity index (χ2n) is 4.39. The number of carbonyl (C=O) groups is 1. The summed E-state index contributed by atoms with van der Waals surface area (Å²) >= 11 is 6.43. The summed E-state index contributed by atoms with van der Waals surface area (Å²) in [6.45, 7) is 0. The number of amides is 1. The molecule has 1 amide bonds. The molecule has 0 unspecified atom stereocenters. The van der Waals surface area contributed by atoms with Gasteiger partial charge in [0.05, 0.1) is 11.6 Å². The first-order valence-corrected chi connectivity index (χ1v) is 7.37. The van der Waals surface area contributed by atoms with Crippen molar-refractivity contribution in [1.29, 1.82) is 5.26 Å². The molecule has 1 saturated heterocycles. The van der Waals surface area contributed by atoms with E-state index >= 15 is 0 Å². The molecular formula is C15H9N3OS2. The molecule has 1 aliphatic heterocycles. The van der Waals surface area contributed by atoms with E-state index in [0.717, 1.165) is 16.0 Å². The van der Waals surface area contributed by atoms with E-state index in [-0.39, 0.29) is 5.91 Å². The lowest BCUT2D eigenvalue weighted by molar-refractivity contribution is -0.115. The van der Waals surface area contributed by atoms with Crippen molar-refractivity contribution in [3.63, 3.8) is 0 Å². The van der Waals surface area contributed by atoms with Crippen molar-refractivity contribution in [1.82, 2.24) is 10.6 Å². The Bertz CT molecular complexity index is 797. The minimum absolute atomic E-state index is 0.215. The standard InChI is InChI=1S/C15H9N3OS2/c16-7-9-1-3-10(4-2-9)11-5-12(21-8-11)6-13-14(19)18-15(20)17-13/h1-6,8H,(H2,17,18,19,20). The maximum Gasteiger partial charge on any atom is 0.273 e. The molecule has 1 fully saturated rings. The molecule has 1 aromatic carbocycles. The molecule has 0 bridgehead atoms. The van der Waals surface area contributed by atoms with E-state index in [9.17, 15) is 4.79 Å². The monoisotopic (exact) mass is 311 g/mol. The maximum atomic E-state index is 11.6. The fourth-order valence-corrected chi connectivity index (χ4v) is 2.99. The van der Waals surface area contributed by atoms with Gasteiger partial charge in [-0.25, -0.2) is 0 Å². The average Bonchev–Trinajstić information content (AvgIpc) is 3.07. The van der Waals surface area contributed by atoms with Crippen molar-refractivity contribution < 1.29 is 4.79 Å². The van der Waals surface area contributed by atoms with Gasteiger partial charge in [0.25, 0.3) is 5.91 Å². The van der Waals surface area contributed by atoms with E-state index in [2.05, 4.69) is 16.7 Å². The van der Waals surface area contributed by atoms with Gasteiger partial charge in [-0.05, 0) is 53.0 Å². The molecule has 4 nitrogen and oxygen atoms in total. The summed E-state index contributed by atoms with van der Waals surface area (Å²) in [6, 6.07) is 11.5. The van der Waals surface area contributed by atoms with Crippen molar-refractivity contribution in [2.24, 2.45) is 0 Å². The topological polar surface area (TPSA) is 64.9 Å². The smallest absolute Gasteiger partial charge is 0.273 e. The average molecular weight is 311 g/mol. The van der Waals surface area contributed by atoms with E-state index in [1.54, 1.807) is 18.2 Å². The van der Waals surface area contributed by atoms with Crippen LogP contribution in [0.1, 0.15) is 10.4 Å². The molecule has 21 heavy (non-hydrogen) atoms. The Morgan fingerprint density at radius 3 is 2.57 bits per heavy atom. The zero-order valence-electron chi connectivity index (χ0n) is 10.7. The molecule has 0 atom stereocenters. The first kappa shape index (κ1) is 13.5. The normalized spacial score (nSPS) is 15.7. The maximum absolute atomic E-state index is 11.6. The fourth-order valence-electron chi connectivity index (χ4n) is 1.94. The van der Waals surface area contributed by atoms with E-state index in [1.165, 1.54) is 11.3 Å². The summed E-state index contributed by atoms with van der Waals surface area (Å²) in [4.78, 5) is 12.5. The molecule has 2 aromatic rings. The van der Waals surface area contributed by atoms with Gasteiger partial charge in [-0.1, -0.05) is 12.1 Å². The molecule has 0 saturated carbocycles. The van der Waals surface area contributed by atoms with Gasteiger partial charge < -0.3 is 5.32 Å². The van der Waals surface area contributed by atoms with Gasteiger partial charge >= 0.3 is 0 Å². The summed E-state index contributed by atoms with van der Waals surface area (Å²) in [5.74, 6) is -0.215. The highest BCUT2D eigenvalue weighted by Crippen LogP contribution is 2.27. The molecule has 3 rings (SSSR count). The number of hydrogen-bond acceptors (Lipinski definition) is 4. The van der Waals surface area contributed by atoms with Gasteiger partial charge in [-0.2, -0.15) is 5.26 Å². The van der Waals surface area contributed by atoms with Crippen LogP contribution in [0.25, 0.3) is 17.2 Å². The van der Waals surface area contributed by atoms with Crippen molar-refractivity contribution >= 4 is 40.7 Å². The fraction of sp³-hybridized carbons (Fsp3) is 0. The third-order valence-electron chi connectivity index (χ3n) is 2.97. The Morgan fingerprint density at radius 1 is 1.19 bits per heavy atom. The third kappa shape index (κ3) is 2.84. The number of nitrogens with zero attached hydrogens (tertiary/aromatic N) is 1. The lowest BCUT2D eigenvalue weighted by Crippen LogP contribution is -2.21. The highest BCUT2D eigenvalue weighted by atomic mass is 32.1. The van der Waals surface area contributed by atoms with Crippen molar-refractivity contribution in [2.45, 2.75) is 0 Å². The Kier molecular flexibility index (Phi) is 3.52. The third-order valence-corrected chi connectivity index (χ3v) is 4.06. The van der Waals surface area contributed by atoms with Crippen LogP contribution in [0.2, 0.25) is 0 Å². The van der Waals surface area contributed by atoms with Gasteiger partial charge in [-0.15, -0.1) is 11.3 Å². The predicted octanol–water partition coefficient (Wildman–Crippen LogP) is 2.63. The first-order valence-electron chi connectivity index (χ1n) is 6.09. The summed E-state index contributed by atoms with van der Waals surface area (Å²) in [7, 11) is 0. The minimum Gasteiger partial charge on any atom is -0.328 e. The number of nitriles is 1. The summed E-state index contributed by atoms with van der Waals surface area (Å²) < 4.78 is 0. The van der Waals surface area contributed by atoms with Crippen LogP contribution in [0, 0.1) is 11.3 Å². The molecule has 0 aliphatic carbocycles. The number of hydrogen-bond donors (Lipinski definition) is 2. The lowest BCUT2D eigenvalue weighted by Gasteiger charge is -1.96. The SMILES string of the molecule is N#Cc1ccc(-c2csc(C=C3NC(=S)NC3=O)c2)cc1. The molecule has 6 heteroatoms. The van der Waals surface area contributed by atoms with Crippen molar-refractivity contribution in [2.75, 3.05) is 0 Å². The number of benzene rings is 1. The van der Waals surface area contributed by atoms with Gasteiger partial charge in [0.15, 0.2) is 5.11 Å². The van der Waals surface area contributed by atoms with Crippen LogP contribution in [-0.2, 0) is 4.79 Å². The van der Waals surface area contributed by atoms with Crippen LogP contribution in [0.3, 0.4) is 0 Å². The molecule has 2 heterocycles. The van der Waals surface area contributed by atoms with E-state index < -0.39 is 0 Å². The summed E-state index contributed by atoms with van der Waals surface area (Å²) in [6.07, 6.45) is 1.77. The number of rotatable bonds is 2. The van der Waals surface area contributed by atoms with E-state index in [1.807, 2.05) is 23.6 Å². The van der Waals surface area contributed by atoms with Gasteiger partial charge in [0.1, 0.15) is 5.70 Å². The van der Waals surface area contributed by atoms with Gasteiger partial charge in [0, 0.05) is 4.88 Å². The number of carbonyl (C=O) groups excluding carboxylic acids is 1. The van der Waals surface area contributed by atoms with Crippen molar-refractivity contribution in [3.05, 3.63) is 51.8 Å². The number of nitrogens with one attached hydrogen (secondary N) is 2. The second-order valence-corrected chi connectivity index (χ2v) is 5.74. The molecule has 2 N–H and O–H groups in total. The highest BCUT2D eigenvalue weighted by molar-refractivity contribution is 7.80. The van der Waals surface area contributed by atoms with Crippen LogP contribution in [0.15, 0.2) is 41.4 Å². The molecule has 1 aliphatic rings. The van der Waals surface area contributed by atoms with E-state index in [0.29, 0.717) is 16.4 Å². The second kappa shape index (κ2) is 5.48. The number of thiocarbonyl (C=S) groups is 1. The first-order chi connectivity index (χ1) is 10.2. The predicted molar refractivity (Wildman–Crippen MR) is 86.3 cm³/mol. The Morgan fingerprint density at radius 2 is 1.95 bits per heavy atom. The van der Waals surface area contributed by atoms with Gasteiger partial charge in [-0.3, -0.25) is 10.1 Å². The molecular weight excluding hydrogens is 302 g/mol. The lowest BCUT2D eigenvalue weighted by atomic mass is 10.1. The Hall–Kier alpha value is -2.49. The van der Waals surface area contributed by atoms with Crippen LogP contribution in [0.5, 0.6) is 0 Å².